The van der Waals surface area contributed by atoms with Crippen molar-refractivity contribution in [1.29, 1.82) is 0 Å². The van der Waals surface area contributed by atoms with Crippen LogP contribution in [-0.2, 0) is 9.84 Å². The van der Waals surface area contributed by atoms with E-state index in [1.807, 2.05) is 0 Å². The zero-order valence-electron chi connectivity index (χ0n) is 11.8. The van der Waals surface area contributed by atoms with Crippen LogP contribution in [0.25, 0.3) is 0 Å². The summed E-state index contributed by atoms with van der Waals surface area (Å²) in [5, 5.41) is 3.44. The fourth-order valence-electron chi connectivity index (χ4n) is 4.33. The Bertz CT molecular complexity index is 409. The first-order chi connectivity index (χ1) is 9.07. The minimum Gasteiger partial charge on any atom is -0.317 e. The molecule has 3 heterocycles. The van der Waals surface area contributed by atoms with Crippen LogP contribution in [0.2, 0.25) is 0 Å². The van der Waals surface area contributed by atoms with Gasteiger partial charge in [-0.15, -0.1) is 0 Å². The van der Waals surface area contributed by atoms with E-state index in [2.05, 4.69) is 17.3 Å². The molecule has 0 aromatic rings. The highest BCUT2D eigenvalue weighted by Gasteiger charge is 2.40. The summed E-state index contributed by atoms with van der Waals surface area (Å²) in [5.41, 5.74) is 0. The maximum Gasteiger partial charge on any atom is 0.150 e. The summed E-state index contributed by atoms with van der Waals surface area (Å²) in [6.45, 7) is 1.02. The van der Waals surface area contributed by atoms with Gasteiger partial charge in [-0.05, 0) is 45.1 Å². The Labute approximate surface area is 116 Å². The van der Waals surface area contributed by atoms with Crippen LogP contribution >= 0.6 is 0 Å². The number of nitrogens with one attached hydrogen (secondary N) is 1. The van der Waals surface area contributed by atoms with Crippen LogP contribution in [0.15, 0.2) is 0 Å². The number of nitrogens with zero attached hydrogens (tertiary/aromatic N) is 1. The third-order valence-corrected chi connectivity index (χ3v) is 7.17. The summed E-state index contributed by atoms with van der Waals surface area (Å²) in [5.74, 6) is 1.23. The molecular weight excluding hydrogens is 260 g/mol. The van der Waals surface area contributed by atoms with Gasteiger partial charge < -0.3 is 5.32 Å². The Morgan fingerprint density at radius 1 is 1.16 bits per heavy atom. The minimum absolute atomic E-state index is 0.388. The standard InChI is InChI=1S/C14H26N2O2S/c1-15-12-7-13-3-2-4-14(8-12)16(13)9-11-5-6-19(17,18)10-11/h11-15H,2-10H2,1H3. The second kappa shape index (κ2) is 5.34. The van der Waals surface area contributed by atoms with Gasteiger partial charge in [-0.3, -0.25) is 4.90 Å². The van der Waals surface area contributed by atoms with E-state index in [1.54, 1.807) is 0 Å². The third kappa shape index (κ3) is 2.98. The van der Waals surface area contributed by atoms with Gasteiger partial charge in [-0.2, -0.15) is 0 Å². The van der Waals surface area contributed by atoms with Gasteiger partial charge in [0, 0.05) is 24.7 Å². The van der Waals surface area contributed by atoms with Gasteiger partial charge >= 0.3 is 0 Å². The number of hydrogen-bond acceptors (Lipinski definition) is 4. The van der Waals surface area contributed by atoms with Crippen molar-refractivity contribution < 1.29 is 8.42 Å². The first-order valence-corrected chi connectivity index (χ1v) is 9.53. The van der Waals surface area contributed by atoms with Crippen LogP contribution in [0.5, 0.6) is 0 Å². The molecule has 3 aliphatic rings. The molecule has 0 saturated carbocycles. The molecule has 3 aliphatic heterocycles. The van der Waals surface area contributed by atoms with E-state index in [1.165, 1.54) is 32.1 Å². The Morgan fingerprint density at radius 3 is 2.37 bits per heavy atom. The lowest BCUT2D eigenvalue weighted by Gasteiger charge is -2.49. The SMILES string of the molecule is CNC1CC2CCCC(C1)N2CC1CCS(=O)(=O)C1. The molecule has 5 heteroatoms. The zero-order chi connectivity index (χ0) is 13.5. The molecule has 1 N–H and O–H groups in total. The van der Waals surface area contributed by atoms with Gasteiger partial charge in [0.1, 0.15) is 0 Å². The molecule has 4 nitrogen and oxygen atoms in total. The predicted octanol–water partition coefficient (Wildman–Crippen LogP) is 1.03. The van der Waals surface area contributed by atoms with Crippen LogP contribution < -0.4 is 5.32 Å². The van der Waals surface area contributed by atoms with Crippen molar-refractivity contribution >= 4 is 9.84 Å². The molecule has 3 unspecified atom stereocenters. The summed E-state index contributed by atoms with van der Waals surface area (Å²) < 4.78 is 23.2. The van der Waals surface area contributed by atoms with Gasteiger partial charge in [-0.25, -0.2) is 8.42 Å². The zero-order valence-corrected chi connectivity index (χ0v) is 12.7. The van der Waals surface area contributed by atoms with E-state index in [0.717, 1.165) is 13.0 Å². The number of sulfone groups is 1. The second-order valence-corrected chi connectivity index (χ2v) is 8.89. The van der Waals surface area contributed by atoms with Crippen molar-refractivity contribution in [3.8, 4) is 0 Å². The van der Waals surface area contributed by atoms with Crippen molar-refractivity contribution in [2.24, 2.45) is 5.92 Å². The highest BCUT2D eigenvalue weighted by Crippen LogP contribution is 2.35. The highest BCUT2D eigenvalue weighted by molar-refractivity contribution is 7.91. The number of fused-ring (bicyclic) bond motifs is 2. The number of hydrogen-bond donors (Lipinski definition) is 1. The number of piperidine rings is 2. The van der Waals surface area contributed by atoms with Crippen LogP contribution in [0.1, 0.15) is 38.5 Å². The smallest absolute Gasteiger partial charge is 0.150 e. The summed E-state index contributed by atoms with van der Waals surface area (Å²) in [4.78, 5) is 2.66. The van der Waals surface area contributed by atoms with E-state index < -0.39 is 9.84 Å². The molecule has 3 atom stereocenters. The van der Waals surface area contributed by atoms with Crippen molar-refractivity contribution in [1.82, 2.24) is 10.2 Å². The summed E-state index contributed by atoms with van der Waals surface area (Å²) in [7, 11) is -0.655. The monoisotopic (exact) mass is 286 g/mol. The molecule has 0 amide bonds. The van der Waals surface area contributed by atoms with Crippen LogP contribution in [-0.4, -0.2) is 56.5 Å². The van der Waals surface area contributed by atoms with Gasteiger partial charge in [0.05, 0.1) is 11.5 Å². The maximum absolute atomic E-state index is 11.6. The van der Waals surface area contributed by atoms with Gasteiger partial charge in [-0.1, -0.05) is 6.42 Å². The maximum atomic E-state index is 11.6. The Kier molecular flexibility index (Phi) is 3.89. The summed E-state index contributed by atoms with van der Waals surface area (Å²) >= 11 is 0. The molecule has 3 saturated heterocycles. The largest absolute Gasteiger partial charge is 0.317 e. The first kappa shape index (κ1) is 13.8. The Balaban J connectivity index is 1.64. The van der Waals surface area contributed by atoms with Crippen LogP contribution in [0.4, 0.5) is 0 Å². The van der Waals surface area contributed by atoms with Crippen LogP contribution in [0, 0.1) is 5.92 Å². The second-order valence-electron chi connectivity index (χ2n) is 6.66. The van der Waals surface area contributed by atoms with Crippen molar-refractivity contribution in [3.05, 3.63) is 0 Å². The van der Waals surface area contributed by atoms with Crippen LogP contribution in [0.3, 0.4) is 0 Å². The Morgan fingerprint density at radius 2 is 1.84 bits per heavy atom. The fraction of sp³-hybridized carbons (Fsp3) is 1.00. The predicted molar refractivity (Wildman–Crippen MR) is 77.0 cm³/mol. The lowest BCUT2D eigenvalue weighted by Crippen LogP contribution is -2.56. The molecule has 110 valence electrons. The molecule has 0 aromatic heterocycles. The molecular formula is C14H26N2O2S. The molecule has 0 aromatic carbocycles. The van der Waals surface area contributed by atoms with E-state index in [-0.39, 0.29) is 0 Å². The molecule has 0 spiro atoms. The lowest BCUT2D eigenvalue weighted by atomic mass is 9.81. The van der Waals surface area contributed by atoms with Gasteiger partial charge in [0.2, 0.25) is 0 Å². The van der Waals surface area contributed by atoms with Crippen molar-refractivity contribution in [3.63, 3.8) is 0 Å². The average molecular weight is 286 g/mol. The third-order valence-electron chi connectivity index (χ3n) is 5.33. The quantitative estimate of drug-likeness (QED) is 0.842. The Hall–Kier alpha value is -0.130. The minimum atomic E-state index is -2.72. The molecule has 0 aliphatic carbocycles. The molecule has 3 fully saturated rings. The van der Waals surface area contributed by atoms with E-state index in [9.17, 15) is 8.42 Å². The summed E-state index contributed by atoms with van der Waals surface area (Å²) in [6.07, 6.45) is 7.32. The molecule has 2 bridgehead atoms. The average Bonchev–Trinajstić information content (AvgIpc) is 2.68. The fourth-order valence-corrected chi connectivity index (χ4v) is 6.18. The van der Waals surface area contributed by atoms with Crippen molar-refractivity contribution in [2.45, 2.75) is 56.7 Å². The molecule has 0 radical (unpaired) electrons. The highest BCUT2D eigenvalue weighted by atomic mass is 32.2. The topological polar surface area (TPSA) is 49.4 Å². The van der Waals surface area contributed by atoms with Gasteiger partial charge in [0.25, 0.3) is 0 Å². The molecule has 3 rings (SSSR count). The lowest BCUT2D eigenvalue weighted by molar-refractivity contribution is 0.0160. The first-order valence-electron chi connectivity index (χ1n) is 7.71. The summed E-state index contributed by atoms with van der Waals surface area (Å²) in [6, 6.07) is 2.04. The number of rotatable bonds is 3. The van der Waals surface area contributed by atoms with Gasteiger partial charge in [0.15, 0.2) is 9.84 Å². The van der Waals surface area contributed by atoms with E-state index >= 15 is 0 Å². The van der Waals surface area contributed by atoms with E-state index in [4.69, 9.17) is 0 Å². The normalized spacial score (nSPS) is 42.4. The van der Waals surface area contributed by atoms with Crippen molar-refractivity contribution in [2.75, 3.05) is 25.1 Å². The molecule has 19 heavy (non-hydrogen) atoms. The van der Waals surface area contributed by atoms with E-state index in [0.29, 0.717) is 35.5 Å².